The molecule has 1 unspecified atom stereocenters. The molecule has 2 aromatic rings. The largest absolute Gasteiger partial charge is 0.416 e. The molecule has 0 bridgehead atoms. The van der Waals surface area contributed by atoms with Crippen LogP contribution >= 0.6 is 0 Å². The molecule has 0 aliphatic heterocycles. The average molecular weight is 354 g/mol. The minimum absolute atomic E-state index is 0.0889. The minimum atomic E-state index is -4.40. The Hall–Kier alpha value is -2.51. The average Bonchev–Trinajstić information content (AvgIpc) is 3.00. The lowest BCUT2D eigenvalue weighted by Crippen LogP contribution is -2.36. The van der Waals surface area contributed by atoms with Crippen LogP contribution in [0.4, 0.5) is 23.7 Å². The minimum Gasteiger partial charge on any atom is -0.333 e. The molecule has 1 atom stereocenters. The zero-order valence-corrected chi connectivity index (χ0v) is 14.3. The number of hydrogen-bond acceptors (Lipinski definition) is 2. The lowest BCUT2D eigenvalue weighted by Gasteiger charge is -2.23. The zero-order chi connectivity index (χ0) is 18.6. The number of rotatable bonds is 5. The van der Waals surface area contributed by atoms with Crippen molar-refractivity contribution >= 4 is 11.7 Å². The Morgan fingerprint density at radius 1 is 1.24 bits per heavy atom. The molecule has 25 heavy (non-hydrogen) atoms. The van der Waals surface area contributed by atoms with Crippen LogP contribution in [0.15, 0.2) is 36.7 Å². The second kappa shape index (κ2) is 7.58. The number of carbonyl (C=O) groups excluding carboxylic acids is 1. The number of urea groups is 1. The van der Waals surface area contributed by atoms with E-state index in [1.165, 1.54) is 12.1 Å². The Morgan fingerprint density at radius 3 is 2.40 bits per heavy atom. The fourth-order valence-electron chi connectivity index (χ4n) is 2.45. The highest BCUT2D eigenvalue weighted by Gasteiger charge is 2.30. The van der Waals surface area contributed by atoms with E-state index in [1.54, 1.807) is 6.20 Å². The first-order valence-electron chi connectivity index (χ1n) is 7.98. The van der Waals surface area contributed by atoms with Gasteiger partial charge in [-0.05, 0) is 37.1 Å². The summed E-state index contributed by atoms with van der Waals surface area (Å²) < 4.78 is 39.6. The van der Waals surface area contributed by atoms with E-state index < -0.39 is 17.8 Å². The van der Waals surface area contributed by atoms with Crippen molar-refractivity contribution in [3.8, 4) is 0 Å². The van der Waals surface area contributed by atoms with Crippen LogP contribution < -0.4 is 10.6 Å². The van der Waals surface area contributed by atoms with Crippen molar-refractivity contribution in [3.05, 3.63) is 48.0 Å². The topological polar surface area (TPSA) is 59.0 Å². The Morgan fingerprint density at radius 2 is 1.88 bits per heavy atom. The van der Waals surface area contributed by atoms with Gasteiger partial charge in [-0.15, -0.1) is 0 Å². The van der Waals surface area contributed by atoms with Crippen molar-refractivity contribution < 1.29 is 18.0 Å². The lowest BCUT2D eigenvalue weighted by molar-refractivity contribution is -0.137. The predicted octanol–water partition coefficient (Wildman–Crippen LogP) is 4.44. The number of aryl methyl sites for hydroxylation is 1. The Kier molecular flexibility index (Phi) is 5.71. The molecule has 0 saturated carbocycles. The summed E-state index contributed by atoms with van der Waals surface area (Å²) in [6, 6.07) is 3.49. The highest BCUT2D eigenvalue weighted by atomic mass is 19.4. The first kappa shape index (κ1) is 18.8. The number of halogens is 3. The van der Waals surface area contributed by atoms with Gasteiger partial charge in [0.05, 0.1) is 11.6 Å². The highest BCUT2D eigenvalue weighted by molar-refractivity contribution is 5.89. The van der Waals surface area contributed by atoms with Crippen LogP contribution in [-0.2, 0) is 12.7 Å². The summed E-state index contributed by atoms with van der Waals surface area (Å²) in [5, 5.41) is 5.38. The third-order valence-corrected chi connectivity index (χ3v) is 3.79. The monoisotopic (exact) mass is 354 g/mol. The van der Waals surface area contributed by atoms with Crippen molar-refractivity contribution in [2.45, 2.75) is 39.5 Å². The van der Waals surface area contributed by atoms with Crippen molar-refractivity contribution in [2.24, 2.45) is 5.92 Å². The van der Waals surface area contributed by atoms with Crippen LogP contribution in [0.3, 0.4) is 0 Å². The molecule has 0 saturated heterocycles. The van der Waals surface area contributed by atoms with Crippen molar-refractivity contribution in [1.82, 2.24) is 14.9 Å². The lowest BCUT2D eigenvalue weighted by atomic mass is 10.0. The van der Waals surface area contributed by atoms with E-state index in [4.69, 9.17) is 0 Å². The molecular weight excluding hydrogens is 333 g/mol. The fourth-order valence-corrected chi connectivity index (χ4v) is 2.45. The molecule has 2 rings (SSSR count). The highest BCUT2D eigenvalue weighted by Crippen LogP contribution is 2.29. The third kappa shape index (κ3) is 4.74. The van der Waals surface area contributed by atoms with Gasteiger partial charge in [0.15, 0.2) is 0 Å². The maximum absolute atomic E-state index is 12.6. The molecule has 0 spiro atoms. The van der Waals surface area contributed by atoms with Gasteiger partial charge in [-0.1, -0.05) is 13.8 Å². The fraction of sp³-hybridized carbons (Fsp3) is 0.412. The van der Waals surface area contributed by atoms with Gasteiger partial charge in [-0.25, -0.2) is 9.78 Å². The van der Waals surface area contributed by atoms with E-state index in [1.807, 2.05) is 31.5 Å². The summed E-state index contributed by atoms with van der Waals surface area (Å²) in [6.07, 6.45) is -0.898. The number of carbonyl (C=O) groups is 1. The molecule has 1 heterocycles. The van der Waals surface area contributed by atoms with Crippen LogP contribution in [-0.4, -0.2) is 15.6 Å². The Labute approximate surface area is 144 Å². The Balaban J connectivity index is 2.07. The summed E-state index contributed by atoms with van der Waals surface area (Å²) in [7, 11) is 0. The van der Waals surface area contributed by atoms with Crippen molar-refractivity contribution in [1.29, 1.82) is 0 Å². The van der Waals surface area contributed by atoms with E-state index in [0.717, 1.165) is 24.5 Å². The quantitative estimate of drug-likeness (QED) is 0.834. The van der Waals surface area contributed by atoms with Gasteiger partial charge in [0.1, 0.15) is 5.82 Å². The second-order valence-corrected chi connectivity index (χ2v) is 5.97. The summed E-state index contributed by atoms with van der Waals surface area (Å²) >= 11 is 0. The maximum Gasteiger partial charge on any atom is 0.416 e. The molecule has 5 nitrogen and oxygen atoms in total. The normalized spacial score (nSPS) is 12.9. The van der Waals surface area contributed by atoms with Crippen LogP contribution in [0.25, 0.3) is 0 Å². The van der Waals surface area contributed by atoms with Gasteiger partial charge in [0.25, 0.3) is 0 Å². The maximum atomic E-state index is 12.6. The standard InChI is InChI=1S/C17H21F3N4O/c1-4-24-10-9-21-15(24)14(11(2)3)23-16(25)22-13-7-5-12(6-8-13)17(18,19)20/h5-11,14H,4H2,1-3H3,(H2,22,23,25). The summed E-state index contributed by atoms with van der Waals surface area (Å²) in [4.78, 5) is 16.5. The number of aromatic nitrogens is 2. The SMILES string of the molecule is CCn1ccnc1C(NC(=O)Nc1ccc(C(F)(F)F)cc1)C(C)C. The number of anilines is 1. The number of nitrogens with one attached hydrogen (secondary N) is 2. The number of hydrogen-bond donors (Lipinski definition) is 2. The van der Waals surface area contributed by atoms with Crippen LogP contribution in [0.2, 0.25) is 0 Å². The second-order valence-electron chi connectivity index (χ2n) is 5.97. The zero-order valence-electron chi connectivity index (χ0n) is 14.3. The molecule has 2 amide bonds. The molecule has 0 fully saturated rings. The third-order valence-electron chi connectivity index (χ3n) is 3.79. The predicted molar refractivity (Wildman–Crippen MR) is 89.1 cm³/mol. The number of benzene rings is 1. The van der Waals surface area contributed by atoms with E-state index in [-0.39, 0.29) is 17.6 Å². The molecular formula is C17H21F3N4O. The van der Waals surface area contributed by atoms with Gasteiger partial charge in [0, 0.05) is 24.6 Å². The molecule has 136 valence electrons. The van der Waals surface area contributed by atoms with Gasteiger partial charge in [-0.2, -0.15) is 13.2 Å². The molecule has 1 aromatic carbocycles. The summed E-state index contributed by atoms with van der Waals surface area (Å²) in [5.74, 6) is 0.825. The first-order valence-corrected chi connectivity index (χ1v) is 7.98. The van der Waals surface area contributed by atoms with E-state index in [9.17, 15) is 18.0 Å². The number of amides is 2. The molecule has 0 radical (unpaired) electrons. The molecule has 8 heteroatoms. The first-order chi connectivity index (χ1) is 11.7. The van der Waals surface area contributed by atoms with Crippen LogP contribution in [0, 0.1) is 5.92 Å². The summed E-state index contributed by atoms with van der Waals surface area (Å²) in [6.45, 7) is 6.61. The molecule has 2 N–H and O–H groups in total. The van der Waals surface area contributed by atoms with E-state index in [2.05, 4.69) is 15.6 Å². The van der Waals surface area contributed by atoms with Crippen molar-refractivity contribution in [3.63, 3.8) is 0 Å². The van der Waals surface area contributed by atoms with Crippen molar-refractivity contribution in [2.75, 3.05) is 5.32 Å². The van der Waals surface area contributed by atoms with E-state index in [0.29, 0.717) is 0 Å². The van der Waals surface area contributed by atoms with Gasteiger partial charge in [0.2, 0.25) is 0 Å². The molecule has 0 aliphatic rings. The van der Waals surface area contributed by atoms with Gasteiger partial charge in [-0.3, -0.25) is 0 Å². The van der Waals surface area contributed by atoms with Gasteiger partial charge >= 0.3 is 12.2 Å². The molecule has 1 aromatic heterocycles. The number of alkyl halides is 3. The Bertz CT molecular complexity index is 707. The number of nitrogens with zero attached hydrogens (tertiary/aromatic N) is 2. The molecule has 0 aliphatic carbocycles. The van der Waals surface area contributed by atoms with Crippen LogP contribution in [0.1, 0.15) is 38.2 Å². The van der Waals surface area contributed by atoms with Crippen LogP contribution in [0.5, 0.6) is 0 Å². The summed E-state index contributed by atoms with van der Waals surface area (Å²) in [5.41, 5.74) is -0.477. The smallest absolute Gasteiger partial charge is 0.333 e. The van der Waals surface area contributed by atoms with E-state index >= 15 is 0 Å². The number of imidazole rings is 1. The van der Waals surface area contributed by atoms with Gasteiger partial charge < -0.3 is 15.2 Å².